The number of halogens is 1. The predicted octanol–water partition coefficient (Wildman–Crippen LogP) is 6.53. The lowest BCUT2D eigenvalue weighted by molar-refractivity contribution is 0.0946. The standard InChI is InChI=1S/C32H40ClN3O2/c1-24-7-4-5-17-36(24)18-6-16-34-32(37)28-12-13-31(30(33)22-28)38-29-14-19-35(20-15-29)23-25-10-11-26-8-2-3-9-27(26)21-25/h2-3,8-13,21-22,24,29H,4-7,14-20,23H2,1H3,(H,34,37). The Kier molecular flexibility index (Phi) is 9.21. The average Bonchev–Trinajstić information content (AvgIpc) is 2.94. The summed E-state index contributed by atoms with van der Waals surface area (Å²) in [5, 5.41) is 6.12. The number of hydrogen-bond donors (Lipinski definition) is 1. The lowest BCUT2D eigenvalue weighted by atomic mass is 10.0. The fourth-order valence-corrected chi connectivity index (χ4v) is 6.00. The molecule has 1 N–H and O–H groups in total. The molecule has 1 amide bonds. The number of ether oxygens (including phenoxy) is 1. The van der Waals surface area contributed by atoms with Crippen LogP contribution in [0, 0.1) is 0 Å². The van der Waals surface area contributed by atoms with Crippen LogP contribution in [0.2, 0.25) is 5.02 Å². The highest BCUT2D eigenvalue weighted by Crippen LogP contribution is 2.29. The van der Waals surface area contributed by atoms with Crippen molar-refractivity contribution in [3.63, 3.8) is 0 Å². The molecule has 2 saturated heterocycles. The van der Waals surface area contributed by atoms with E-state index >= 15 is 0 Å². The SMILES string of the molecule is CC1CCCCN1CCCNC(=O)c1ccc(OC2CCN(Cc3ccc4ccccc4c3)CC2)c(Cl)c1. The first-order valence-electron chi connectivity index (χ1n) is 14.2. The number of nitrogens with zero attached hydrogens (tertiary/aromatic N) is 2. The van der Waals surface area contributed by atoms with Gasteiger partial charge in [0.25, 0.3) is 5.91 Å². The summed E-state index contributed by atoms with van der Waals surface area (Å²) in [5.74, 6) is 0.586. The quantitative estimate of drug-likeness (QED) is 0.317. The molecule has 2 aliphatic rings. The number of carbonyl (C=O) groups excluding carboxylic acids is 1. The minimum absolute atomic E-state index is 0.0767. The summed E-state index contributed by atoms with van der Waals surface area (Å²) in [5.41, 5.74) is 1.93. The smallest absolute Gasteiger partial charge is 0.251 e. The number of likely N-dealkylation sites (tertiary alicyclic amines) is 2. The fraction of sp³-hybridized carbons (Fsp3) is 0.469. The van der Waals surface area contributed by atoms with E-state index < -0.39 is 0 Å². The Morgan fingerprint density at radius 3 is 2.58 bits per heavy atom. The van der Waals surface area contributed by atoms with Gasteiger partial charge < -0.3 is 15.0 Å². The van der Waals surface area contributed by atoms with E-state index in [0.717, 1.165) is 45.4 Å². The first-order valence-corrected chi connectivity index (χ1v) is 14.6. The van der Waals surface area contributed by atoms with Crippen LogP contribution in [0.1, 0.15) is 61.4 Å². The third kappa shape index (κ3) is 7.07. The molecule has 1 unspecified atom stereocenters. The Morgan fingerprint density at radius 1 is 0.974 bits per heavy atom. The molecule has 2 heterocycles. The summed E-state index contributed by atoms with van der Waals surface area (Å²) in [6.45, 7) is 8.14. The molecule has 3 aromatic carbocycles. The zero-order chi connectivity index (χ0) is 26.3. The summed E-state index contributed by atoms with van der Waals surface area (Å²) in [7, 11) is 0. The highest BCUT2D eigenvalue weighted by molar-refractivity contribution is 6.32. The van der Waals surface area contributed by atoms with Crippen LogP contribution in [0.25, 0.3) is 10.8 Å². The minimum Gasteiger partial charge on any atom is -0.489 e. The molecular formula is C32H40ClN3O2. The molecule has 5 rings (SSSR count). The predicted molar refractivity (Wildman–Crippen MR) is 156 cm³/mol. The highest BCUT2D eigenvalue weighted by atomic mass is 35.5. The Balaban J connectivity index is 1.05. The number of benzene rings is 3. The van der Waals surface area contributed by atoms with E-state index in [2.05, 4.69) is 64.5 Å². The number of carbonyl (C=O) groups is 1. The molecule has 0 aromatic heterocycles. The molecule has 0 bridgehead atoms. The third-order valence-electron chi connectivity index (χ3n) is 8.09. The van der Waals surface area contributed by atoms with E-state index in [4.69, 9.17) is 16.3 Å². The number of hydrogen-bond acceptors (Lipinski definition) is 4. The van der Waals surface area contributed by atoms with E-state index in [-0.39, 0.29) is 12.0 Å². The van der Waals surface area contributed by atoms with Gasteiger partial charge in [-0.2, -0.15) is 0 Å². The van der Waals surface area contributed by atoms with Crippen molar-refractivity contribution in [1.82, 2.24) is 15.1 Å². The van der Waals surface area contributed by atoms with Crippen molar-refractivity contribution in [3.05, 3.63) is 76.8 Å². The molecule has 0 saturated carbocycles. The van der Waals surface area contributed by atoms with Crippen molar-refractivity contribution < 1.29 is 9.53 Å². The van der Waals surface area contributed by atoms with Gasteiger partial charge in [-0.15, -0.1) is 0 Å². The Morgan fingerprint density at radius 2 is 1.79 bits per heavy atom. The van der Waals surface area contributed by atoms with Crippen molar-refractivity contribution in [2.45, 2.75) is 64.1 Å². The second kappa shape index (κ2) is 13.0. The summed E-state index contributed by atoms with van der Waals surface area (Å²) in [6, 6.07) is 21.3. The number of amides is 1. The van der Waals surface area contributed by atoms with Crippen molar-refractivity contribution in [2.24, 2.45) is 0 Å². The molecule has 2 aliphatic heterocycles. The maximum Gasteiger partial charge on any atom is 0.251 e. The average molecular weight is 534 g/mol. The molecule has 202 valence electrons. The van der Waals surface area contributed by atoms with E-state index in [0.29, 0.717) is 28.9 Å². The van der Waals surface area contributed by atoms with E-state index in [9.17, 15) is 4.79 Å². The highest BCUT2D eigenvalue weighted by Gasteiger charge is 2.22. The fourth-order valence-electron chi connectivity index (χ4n) is 5.77. The Bertz CT molecular complexity index is 1220. The summed E-state index contributed by atoms with van der Waals surface area (Å²) >= 11 is 6.53. The van der Waals surface area contributed by atoms with Crippen LogP contribution >= 0.6 is 11.6 Å². The number of piperidine rings is 2. The first-order chi connectivity index (χ1) is 18.5. The van der Waals surface area contributed by atoms with Crippen molar-refractivity contribution in [3.8, 4) is 5.75 Å². The third-order valence-corrected chi connectivity index (χ3v) is 8.39. The van der Waals surface area contributed by atoms with Gasteiger partial charge in [0, 0.05) is 44.3 Å². The van der Waals surface area contributed by atoms with Gasteiger partial charge in [0.15, 0.2) is 0 Å². The molecule has 0 radical (unpaired) electrons. The van der Waals surface area contributed by atoms with Crippen LogP contribution in [-0.4, -0.2) is 60.6 Å². The first kappa shape index (κ1) is 27.0. The maximum absolute atomic E-state index is 12.6. The molecule has 5 nitrogen and oxygen atoms in total. The van der Waals surface area contributed by atoms with E-state index in [1.54, 1.807) is 6.07 Å². The number of fused-ring (bicyclic) bond motifs is 1. The normalized spacial score (nSPS) is 19.5. The molecule has 0 spiro atoms. The summed E-state index contributed by atoms with van der Waals surface area (Å²) in [4.78, 5) is 17.7. The maximum atomic E-state index is 12.6. The summed E-state index contributed by atoms with van der Waals surface area (Å²) < 4.78 is 6.26. The lowest BCUT2D eigenvalue weighted by Gasteiger charge is -2.33. The zero-order valence-corrected chi connectivity index (χ0v) is 23.3. The van der Waals surface area contributed by atoms with Gasteiger partial charge in [0.05, 0.1) is 5.02 Å². The molecule has 6 heteroatoms. The van der Waals surface area contributed by atoms with Gasteiger partial charge in [-0.1, -0.05) is 54.4 Å². The molecule has 1 atom stereocenters. The largest absolute Gasteiger partial charge is 0.489 e. The van der Waals surface area contributed by atoms with Crippen molar-refractivity contribution in [1.29, 1.82) is 0 Å². The van der Waals surface area contributed by atoms with Gasteiger partial charge in [-0.05, 0) is 86.2 Å². The van der Waals surface area contributed by atoms with Gasteiger partial charge in [0.2, 0.25) is 0 Å². The number of nitrogens with one attached hydrogen (secondary N) is 1. The Labute approximate surface area is 232 Å². The lowest BCUT2D eigenvalue weighted by Crippen LogP contribution is -2.39. The van der Waals surface area contributed by atoms with Crippen LogP contribution in [0.5, 0.6) is 5.75 Å². The minimum atomic E-state index is -0.0767. The monoisotopic (exact) mass is 533 g/mol. The van der Waals surface area contributed by atoms with Crippen molar-refractivity contribution >= 4 is 28.3 Å². The van der Waals surface area contributed by atoms with E-state index in [1.165, 1.54) is 42.1 Å². The van der Waals surface area contributed by atoms with Crippen LogP contribution in [0.4, 0.5) is 0 Å². The van der Waals surface area contributed by atoms with Crippen LogP contribution < -0.4 is 10.1 Å². The van der Waals surface area contributed by atoms with Crippen LogP contribution in [0.3, 0.4) is 0 Å². The van der Waals surface area contributed by atoms with Gasteiger partial charge in [-0.3, -0.25) is 9.69 Å². The second-order valence-corrected chi connectivity index (χ2v) is 11.3. The van der Waals surface area contributed by atoms with Crippen molar-refractivity contribution in [2.75, 3.05) is 32.7 Å². The summed E-state index contributed by atoms with van der Waals surface area (Å²) in [6.07, 6.45) is 6.92. The number of rotatable bonds is 9. The molecule has 0 aliphatic carbocycles. The Hall–Kier alpha value is -2.60. The van der Waals surface area contributed by atoms with Gasteiger partial charge in [0.1, 0.15) is 11.9 Å². The molecule has 2 fully saturated rings. The zero-order valence-electron chi connectivity index (χ0n) is 22.5. The second-order valence-electron chi connectivity index (χ2n) is 10.9. The molecule has 38 heavy (non-hydrogen) atoms. The van der Waals surface area contributed by atoms with Gasteiger partial charge in [-0.25, -0.2) is 0 Å². The molecule has 3 aromatic rings. The van der Waals surface area contributed by atoms with Gasteiger partial charge >= 0.3 is 0 Å². The van der Waals surface area contributed by atoms with Crippen LogP contribution in [-0.2, 0) is 6.54 Å². The topological polar surface area (TPSA) is 44.8 Å². The molecular weight excluding hydrogens is 494 g/mol. The van der Waals surface area contributed by atoms with E-state index in [1.807, 2.05) is 12.1 Å². The van der Waals surface area contributed by atoms with Crippen LogP contribution in [0.15, 0.2) is 60.7 Å².